The summed E-state index contributed by atoms with van der Waals surface area (Å²) in [5.74, 6) is -0.371. The van der Waals surface area contributed by atoms with Crippen molar-refractivity contribution in [3.63, 3.8) is 0 Å². The smallest absolute Gasteiger partial charge is 0.330 e. The van der Waals surface area contributed by atoms with Crippen LogP contribution in [0.25, 0.3) is 10.9 Å². The second-order valence-electron chi connectivity index (χ2n) is 6.88. The Kier molecular flexibility index (Phi) is 5.81. The molecule has 2 heterocycles. The van der Waals surface area contributed by atoms with Crippen LogP contribution in [0.1, 0.15) is 42.7 Å². The summed E-state index contributed by atoms with van der Waals surface area (Å²) in [6, 6.07) is 9.04. The van der Waals surface area contributed by atoms with Crippen molar-refractivity contribution in [1.29, 1.82) is 0 Å². The van der Waals surface area contributed by atoms with Crippen molar-refractivity contribution < 1.29 is 4.79 Å². The van der Waals surface area contributed by atoms with E-state index in [1.165, 1.54) is 9.47 Å². The van der Waals surface area contributed by atoms with Crippen LogP contribution in [-0.2, 0) is 6.54 Å². The van der Waals surface area contributed by atoms with Gasteiger partial charge >= 0.3 is 5.69 Å². The maximum atomic E-state index is 13.5. The average Bonchev–Trinajstić information content (AvgIpc) is 2.69. The lowest BCUT2D eigenvalue weighted by Crippen LogP contribution is -2.41. The van der Waals surface area contributed by atoms with E-state index in [4.69, 9.17) is 5.73 Å². The fourth-order valence-corrected chi connectivity index (χ4v) is 3.41. The van der Waals surface area contributed by atoms with E-state index in [9.17, 15) is 14.4 Å². The number of unbranched alkanes of at least 4 members (excludes halogenated alkanes) is 1. The molecule has 0 saturated carbocycles. The molecule has 0 spiro atoms. The van der Waals surface area contributed by atoms with Crippen molar-refractivity contribution in [3.8, 4) is 0 Å². The Bertz CT molecular complexity index is 1180. The number of nitrogen functional groups attached to an aromatic ring is 1. The zero-order valence-electron chi connectivity index (χ0n) is 16.9. The Labute approximate surface area is 168 Å². The number of aromatic nitrogens is 3. The number of nitrogens with two attached hydrogens (primary N) is 1. The minimum absolute atomic E-state index is 0.00233. The van der Waals surface area contributed by atoms with Crippen LogP contribution < -0.4 is 21.9 Å². The molecule has 1 amide bonds. The minimum Gasteiger partial charge on any atom is -0.383 e. The lowest BCUT2D eigenvalue weighted by Gasteiger charge is -2.24. The van der Waals surface area contributed by atoms with Gasteiger partial charge in [0.2, 0.25) is 0 Å². The summed E-state index contributed by atoms with van der Waals surface area (Å²) >= 11 is 0. The van der Waals surface area contributed by atoms with Gasteiger partial charge in [-0.2, -0.15) is 0 Å². The molecule has 8 heteroatoms. The second-order valence-corrected chi connectivity index (χ2v) is 6.88. The number of pyridine rings is 1. The highest BCUT2D eigenvalue weighted by molar-refractivity contribution is 6.14. The highest BCUT2D eigenvalue weighted by atomic mass is 16.2. The number of benzene rings is 1. The van der Waals surface area contributed by atoms with Gasteiger partial charge in [-0.3, -0.25) is 24.1 Å². The standard InChI is InChI=1S/C21H25N5O3/c1-4-6-11-26-18(22)17(19(27)24-21(26)29)25(5-2)20(28)15-12-13(3)23-16-10-8-7-9-14(15)16/h7-10,12H,4-6,11,22H2,1-3H3,(H,24,27,29). The number of anilines is 2. The normalized spacial score (nSPS) is 11.0. The fourth-order valence-electron chi connectivity index (χ4n) is 3.41. The van der Waals surface area contributed by atoms with Gasteiger partial charge in [-0.25, -0.2) is 4.79 Å². The number of carbonyl (C=O) groups excluding carboxylic acids is 1. The summed E-state index contributed by atoms with van der Waals surface area (Å²) < 4.78 is 1.31. The molecule has 0 atom stereocenters. The summed E-state index contributed by atoms with van der Waals surface area (Å²) in [6.07, 6.45) is 1.59. The first kappa shape index (κ1) is 20.3. The van der Waals surface area contributed by atoms with Crippen LogP contribution in [0.5, 0.6) is 0 Å². The Hall–Kier alpha value is -3.42. The first-order chi connectivity index (χ1) is 13.9. The number of carbonyl (C=O) groups is 1. The summed E-state index contributed by atoms with van der Waals surface area (Å²) in [7, 11) is 0. The van der Waals surface area contributed by atoms with Gasteiger partial charge in [-0.15, -0.1) is 0 Å². The highest BCUT2D eigenvalue weighted by Gasteiger charge is 2.25. The fraction of sp³-hybridized carbons (Fsp3) is 0.333. The molecule has 0 fully saturated rings. The van der Waals surface area contributed by atoms with Crippen LogP contribution >= 0.6 is 0 Å². The van der Waals surface area contributed by atoms with Crippen LogP contribution in [-0.4, -0.2) is 27.0 Å². The molecule has 3 aromatic rings. The van der Waals surface area contributed by atoms with E-state index in [1.807, 2.05) is 38.1 Å². The Morgan fingerprint density at radius 3 is 2.66 bits per heavy atom. The molecule has 3 N–H and O–H groups in total. The first-order valence-corrected chi connectivity index (χ1v) is 9.69. The van der Waals surface area contributed by atoms with Crippen LogP contribution in [0, 0.1) is 6.92 Å². The maximum Gasteiger partial charge on any atom is 0.330 e. The predicted molar refractivity (Wildman–Crippen MR) is 114 cm³/mol. The summed E-state index contributed by atoms with van der Waals surface area (Å²) in [5, 5.41) is 0.691. The zero-order valence-corrected chi connectivity index (χ0v) is 16.9. The molecule has 2 aromatic heterocycles. The lowest BCUT2D eigenvalue weighted by molar-refractivity contribution is 0.0989. The zero-order chi connectivity index (χ0) is 21.1. The number of fused-ring (bicyclic) bond motifs is 1. The van der Waals surface area contributed by atoms with Gasteiger partial charge in [0.25, 0.3) is 11.5 Å². The molecule has 0 unspecified atom stereocenters. The van der Waals surface area contributed by atoms with Crippen LogP contribution in [0.4, 0.5) is 11.5 Å². The number of H-pyrrole nitrogens is 1. The van der Waals surface area contributed by atoms with E-state index in [0.29, 0.717) is 28.7 Å². The average molecular weight is 395 g/mol. The summed E-state index contributed by atoms with van der Waals surface area (Å²) in [4.78, 5) is 46.3. The van der Waals surface area contributed by atoms with Crippen LogP contribution in [0.3, 0.4) is 0 Å². The van der Waals surface area contributed by atoms with Crippen LogP contribution in [0.2, 0.25) is 0 Å². The van der Waals surface area contributed by atoms with Gasteiger partial charge in [0.05, 0.1) is 11.1 Å². The molecular weight excluding hydrogens is 370 g/mol. The van der Waals surface area contributed by atoms with Crippen molar-refractivity contribution in [2.45, 2.75) is 40.2 Å². The monoisotopic (exact) mass is 395 g/mol. The molecule has 0 aliphatic heterocycles. The van der Waals surface area contributed by atoms with Crippen molar-refractivity contribution in [2.75, 3.05) is 17.2 Å². The molecule has 0 aliphatic rings. The van der Waals surface area contributed by atoms with Crippen molar-refractivity contribution in [1.82, 2.24) is 14.5 Å². The second kappa shape index (κ2) is 8.30. The molecule has 8 nitrogen and oxygen atoms in total. The number of amides is 1. The lowest BCUT2D eigenvalue weighted by atomic mass is 10.1. The van der Waals surface area contributed by atoms with E-state index in [0.717, 1.165) is 12.8 Å². The van der Waals surface area contributed by atoms with Crippen molar-refractivity contribution in [2.24, 2.45) is 0 Å². The molecular formula is C21H25N5O3. The number of para-hydroxylation sites is 1. The van der Waals surface area contributed by atoms with Gasteiger partial charge in [-0.05, 0) is 32.4 Å². The van der Waals surface area contributed by atoms with Crippen LogP contribution in [0.15, 0.2) is 39.9 Å². The summed E-state index contributed by atoms with van der Waals surface area (Å²) in [6.45, 7) is 6.15. The molecule has 0 radical (unpaired) electrons. The third kappa shape index (κ3) is 3.78. The highest BCUT2D eigenvalue weighted by Crippen LogP contribution is 2.24. The molecule has 0 bridgehead atoms. The predicted octanol–water partition coefficient (Wildman–Crippen LogP) is 2.44. The first-order valence-electron chi connectivity index (χ1n) is 9.69. The van der Waals surface area contributed by atoms with E-state index in [1.54, 1.807) is 13.0 Å². The Morgan fingerprint density at radius 2 is 1.97 bits per heavy atom. The van der Waals surface area contributed by atoms with E-state index >= 15 is 0 Å². The Morgan fingerprint density at radius 1 is 1.24 bits per heavy atom. The number of rotatable bonds is 6. The molecule has 1 aromatic carbocycles. The molecule has 0 aliphatic carbocycles. The molecule has 29 heavy (non-hydrogen) atoms. The largest absolute Gasteiger partial charge is 0.383 e. The van der Waals surface area contributed by atoms with E-state index in [-0.39, 0.29) is 24.0 Å². The number of aromatic amines is 1. The topological polar surface area (TPSA) is 114 Å². The maximum absolute atomic E-state index is 13.5. The van der Waals surface area contributed by atoms with Gasteiger partial charge < -0.3 is 10.6 Å². The third-order valence-corrected chi connectivity index (χ3v) is 4.86. The third-order valence-electron chi connectivity index (χ3n) is 4.86. The van der Waals surface area contributed by atoms with Gasteiger partial charge in [-0.1, -0.05) is 31.5 Å². The molecule has 3 rings (SSSR count). The van der Waals surface area contributed by atoms with E-state index in [2.05, 4.69) is 9.97 Å². The van der Waals surface area contributed by atoms with Gasteiger partial charge in [0, 0.05) is 24.2 Å². The summed E-state index contributed by atoms with van der Waals surface area (Å²) in [5.41, 5.74) is 6.76. The number of hydrogen-bond acceptors (Lipinski definition) is 5. The number of nitrogens with one attached hydrogen (secondary N) is 1. The number of hydrogen-bond donors (Lipinski definition) is 2. The van der Waals surface area contributed by atoms with Gasteiger partial charge in [0.15, 0.2) is 5.69 Å². The van der Waals surface area contributed by atoms with Crippen molar-refractivity contribution in [3.05, 3.63) is 62.4 Å². The minimum atomic E-state index is -0.675. The van der Waals surface area contributed by atoms with Crippen molar-refractivity contribution >= 4 is 28.3 Å². The quantitative estimate of drug-likeness (QED) is 0.665. The van der Waals surface area contributed by atoms with E-state index < -0.39 is 11.2 Å². The molecule has 0 saturated heterocycles. The SMILES string of the molecule is CCCCn1c(N)c(N(CC)C(=O)c2cc(C)nc3ccccc23)c(=O)[nH]c1=O. The molecule has 152 valence electrons. The van der Waals surface area contributed by atoms with Gasteiger partial charge in [0.1, 0.15) is 5.82 Å². The number of aryl methyl sites for hydroxylation is 1. The number of nitrogens with zero attached hydrogens (tertiary/aromatic N) is 3. The Balaban J connectivity index is 2.18.